The van der Waals surface area contributed by atoms with Crippen LogP contribution < -0.4 is 10.7 Å². The van der Waals surface area contributed by atoms with Crippen molar-refractivity contribution in [2.45, 2.75) is 13.6 Å². The normalized spacial score (nSPS) is 10.5. The highest BCUT2D eigenvalue weighted by atomic mass is 19.1. The van der Waals surface area contributed by atoms with Crippen molar-refractivity contribution in [1.29, 1.82) is 0 Å². The maximum atomic E-state index is 12.4. The third kappa shape index (κ3) is 2.33. The maximum Gasteiger partial charge on any atom is 0.221 e. The minimum Gasteiger partial charge on any atom is -0.458 e. The number of rotatable bonds is 2. The Morgan fingerprint density at radius 1 is 1.41 bits per heavy atom. The molecule has 0 atom stereocenters. The number of hydrogen-bond acceptors (Lipinski definition) is 3. The smallest absolute Gasteiger partial charge is 0.221 e. The number of carbonyl (C=O) groups excluding carboxylic acids is 1. The van der Waals surface area contributed by atoms with Crippen molar-refractivity contribution in [3.05, 3.63) is 40.2 Å². The first-order valence-corrected chi connectivity index (χ1v) is 5.00. The average molecular weight is 235 g/mol. The molecule has 1 aromatic carbocycles. The highest BCUT2D eigenvalue weighted by Gasteiger charge is 2.06. The first-order valence-electron chi connectivity index (χ1n) is 5.00. The van der Waals surface area contributed by atoms with E-state index in [1.54, 1.807) is 6.07 Å². The SMILES string of the molecule is CC(=O)Nc1ccc2oc(CF)cc(=O)c2c1. The van der Waals surface area contributed by atoms with Gasteiger partial charge in [0.05, 0.1) is 5.39 Å². The number of fused-ring (bicyclic) bond motifs is 1. The number of nitrogens with one attached hydrogen (secondary N) is 1. The molecule has 0 aliphatic carbocycles. The van der Waals surface area contributed by atoms with Crippen LogP contribution in [0.4, 0.5) is 10.1 Å². The summed E-state index contributed by atoms with van der Waals surface area (Å²) in [5, 5.41) is 2.87. The van der Waals surface area contributed by atoms with Crippen molar-refractivity contribution >= 4 is 22.6 Å². The molecule has 1 amide bonds. The van der Waals surface area contributed by atoms with Gasteiger partial charge in [0.2, 0.25) is 5.91 Å². The van der Waals surface area contributed by atoms with E-state index in [0.717, 1.165) is 6.07 Å². The molecule has 0 fully saturated rings. The molecule has 2 aromatic rings. The summed E-state index contributed by atoms with van der Waals surface area (Å²) in [6.07, 6.45) is 0. The van der Waals surface area contributed by atoms with Gasteiger partial charge in [-0.25, -0.2) is 4.39 Å². The maximum absolute atomic E-state index is 12.4. The number of alkyl halides is 1. The molecule has 0 aliphatic rings. The molecule has 0 saturated carbocycles. The molecule has 1 aromatic heterocycles. The van der Waals surface area contributed by atoms with Gasteiger partial charge in [0, 0.05) is 18.7 Å². The van der Waals surface area contributed by atoms with Crippen molar-refractivity contribution in [3.63, 3.8) is 0 Å². The van der Waals surface area contributed by atoms with E-state index in [9.17, 15) is 14.0 Å². The Hall–Kier alpha value is -2.17. The second-order valence-corrected chi connectivity index (χ2v) is 3.60. The van der Waals surface area contributed by atoms with E-state index >= 15 is 0 Å². The molecule has 0 radical (unpaired) electrons. The first kappa shape index (κ1) is 11.3. The summed E-state index contributed by atoms with van der Waals surface area (Å²) >= 11 is 0. The Bertz CT molecular complexity index is 633. The Balaban J connectivity index is 2.58. The van der Waals surface area contributed by atoms with Gasteiger partial charge < -0.3 is 9.73 Å². The van der Waals surface area contributed by atoms with E-state index in [2.05, 4.69) is 5.32 Å². The molecule has 1 N–H and O–H groups in total. The van der Waals surface area contributed by atoms with Crippen molar-refractivity contribution in [2.75, 3.05) is 5.32 Å². The van der Waals surface area contributed by atoms with Crippen LogP contribution in [0.25, 0.3) is 11.0 Å². The first-order chi connectivity index (χ1) is 8.10. The van der Waals surface area contributed by atoms with Gasteiger partial charge in [-0.15, -0.1) is 0 Å². The summed E-state index contributed by atoms with van der Waals surface area (Å²) in [7, 11) is 0. The monoisotopic (exact) mass is 235 g/mol. The van der Waals surface area contributed by atoms with Crippen LogP contribution in [0, 0.1) is 0 Å². The van der Waals surface area contributed by atoms with E-state index in [1.165, 1.54) is 19.1 Å². The van der Waals surface area contributed by atoms with Gasteiger partial charge in [-0.3, -0.25) is 9.59 Å². The average Bonchev–Trinajstić information content (AvgIpc) is 2.29. The van der Waals surface area contributed by atoms with Crippen LogP contribution in [0.5, 0.6) is 0 Å². The standard InChI is InChI=1S/C12H10FNO3/c1-7(15)14-8-2-3-12-10(4-8)11(16)5-9(6-13)17-12/h2-5H,6H2,1H3,(H,14,15). The zero-order valence-electron chi connectivity index (χ0n) is 9.12. The van der Waals surface area contributed by atoms with Crippen LogP contribution >= 0.6 is 0 Å². The molecular weight excluding hydrogens is 225 g/mol. The Labute approximate surface area is 96.1 Å². The lowest BCUT2D eigenvalue weighted by atomic mass is 10.2. The Morgan fingerprint density at radius 3 is 2.82 bits per heavy atom. The fraction of sp³-hybridized carbons (Fsp3) is 0.167. The fourth-order valence-corrected chi connectivity index (χ4v) is 1.55. The lowest BCUT2D eigenvalue weighted by molar-refractivity contribution is -0.114. The minimum atomic E-state index is -0.821. The number of carbonyl (C=O) groups is 1. The van der Waals surface area contributed by atoms with Crippen molar-refractivity contribution < 1.29 is 13.6 Å². The van der Waals surface area contributed by atoms with Crippen LogP contribution in [0.2, 0.25) is 0 Å². The zero-order valence-corrected chi connectivity index (χ0v) is 9.12. The second-order valence-electron chi connectivity index (χ2n) is 3.60. The summed E-state index contributed by atoms with van der Waals surface area (Å²) in [5.74, 6) is -0.233. The van der Waals surface area contributed by atoms with Gasteiger partial charge in [-0.2, -0.15) is 0 Å². The molecule has 0 saturated heterocycles. The quantitative estimate of drug-likeness (QED) is 0.868. The summed E-state index contributed by atoms with van der Waals surface area (Å²) in [5.41, 5.74) is 0.482. The topological polar surface area (TPSA) is 59.3 Å². The van der Waals surface area contributed by atoms with Crippen LogP contribution in [0.15, 0.2) is 33.5 Å². The molecule has 5 heteroatoms. The molecule has 4 nitrogen and oxygen atoms in total. The van der Waals surface area contributed by atoms with Gasteiger partial charge in [0.15, 0.2) is 5.43 Å². The molecule has 0 bridgehead atoms. The van der Waals surface area contributed by atoms with Gasteiger partial charge in [-0.1, -0.05) is 0 Å². The van der Waals surface area contributed by atoms with Crippen molar-refractivity contribution in [3.8, 4) is 0 Å². The van der Waals surface area contributed by atoms with E-state index in [-0.39, 0.29) is 17.1 Å². The van der Waals surface area contributed by atoms with Gasteiger partial charge >= 0.3 is 0 Å². The van der Waals surface area contributed by atoms with E-state index in [4.69, 9.17) is 4.42 Å². The molecule has 1 heterocycles. The van der Waals surface area contributed by atoms with Gasteiger partial charge in [0.1, 0.15) is 18.0 Å². The van der Waals surface area contributed by atoms with Gasteiger partial charge in [0.25, 0.3) is 0 Å². The van der Waals surface area contributed by atoms with E-state index in [0.29, 0.717) is 16.7 Å². The summed E-state index contributed by atoms with van der Waals surface area (Å²) in [4.78, 5) is 22.5. The number of hydrogen-bond donors (Lipinski definition) is 1. The highest BCUT2D eigenvalue weighted by molar-refractivity contribution is 5.91. The number of amides is 1. The lowest BCUT2D eigenvalue weighted by Gasteiger charge is -2.04. The summed E-state index contributed by atoms with van der Waals surface area (Å²) < 4.78 is 17.6. The molecule has 0 unspecified atom stereocenters. The van der Waals surface area contributed by atoms with Crippen LogP contribution in [-0.4, -0.2) is 5.91 Å². The highest BCUT2D eigenvalue weighted by Crippen LogP contribution is 2.18. The lowest BCUT2D eigenvalue weighted by Crippen LogP contribution is -2.07. The Kier molecular flexibility index (Phi) is 2.91. The number of halogens is 1. The third-order valence-corrected chi connectivity index (χ3v) is 2.23. The fourth-order valence-electron chi connectivity index (χ4n) is 1.55. The van der Waals surface area contributed by atoms with Crippen LogP contribution in [-0.2, 0) is 11.5 Å². The third-order valence-electron chi connectivity index (χ3n) is 2.23. The van der Waals surface area contributed by atoms with Crippen molar-refractivity contribution in [2.24, 2.45) is 0 Å². The summed E-state index contributed by atoms with van der Waals surface area (Å²) in [6.45, 7) is 0.553. The van der Waals surface area contributed by atoms with Gasteiger partial charge in [-0.05, 0) is 18.2 Å². The predicted octanol–water partition coefficient (Wildman–Crippen LogP) is 2.22. The van der Waals surface area contributed by atoms with E-state index < -0.39 is 6.67 Å². The molecule has 0 spiro atoms. The number of benzene rings is 1. The van der Waals surface area contributed by atoms with Crippen LogP contribution in [0.1, 0.15) is 12.7 Å². The van der Waals surface area contributed by atoms with Crippen molar-refractivity contribution in [1.82, 2.24) is 0 Å². The second kappa shape index (κ2) is 4.37. The molecular formula is C12H10FNO3. The van der Waals surface area contributed by atoms with Crippen LogP contribution in [0.3, 0.4) is 0 Å². The molecule has 17 heavy (non-hydrogen) atoms. The molecule has 2 rings (SSSR count). The predicted molar refractivity (Wildman–Crippen MR) is 61.6 cm³/mol. The summed E-state index contributed by atoms with van der Waals surface area (Å²) in [6, 6.07) is 5.74. The van der Waals surface area contributed by atoms with E-state index in [1.807, 2.05) is 0 Å². The Morgan fingerprint density at radius 2 is 2.18 bits per heavy atom. The number of anilines is 1. The minimum absolute atomic E-state index is 0.00484. The largest absolute Gasteiger partial charge is 0.458 e. The molecule has 0 aliphatic heterocycles. The molecule has 88 valence electrons. The zero-order chi connectivity index (χ0) is 12.4.